The monoisotopic (exact) mass is 127 g/mol. The van der Waals surface area contributed by atoms with Gasteiger partial charge < -0.3 is 5.73 Å². The zero-order valence-electron chi connectivity index (χ0n) is 5.92. The third-order valence-electron chi connectivity index (χ3n) is 0.890. The van der Waals surface area contributed by atoms with E-state index in [1.54, 1.807) is 6.08 Å². The summed E-state index contributed by atoms with van der Waals surface area (Å²) in [5.41, 5.74) is 4.85. The van der Waals surface area contributed by atoms with Crippen LogP contribution in [-0.2, 0) is 4.79 Å². The van der Waals surface area contributed by atoms with Crippen LogP contribution in [0.4, 0.5) is 0 Å². The minimum absolute atomic E-state index is 0.365. The van der Waals surface area contributed by atoms with Gasteiger partial charge in [-0.1, -0.05) is 19.9 Å². The van der Waals surface area contributed by atoms with Crippen molar-refractivity contribution < 1.29 is 4.79 Å². The van der Waals surface area contributed by atoms with E-state index in [-0.39, 0.29) is 5.91 Å². The largest absolute Gasteiger partial charge is 0.366 e. The van der Waals surface area contributed by atoms with Crippen molar-refractivity contribution in [1.82, 2.24) is 0 Å². The third kappa shape index (κ3) is 7.21. The molecule has 0 aliphatic carbocycles. The Balaban J connectivity index is 3.36. The Morgan fingerprint density at radius 1 is 1.67 bits per heavy atom. The number of amides is 1. The molecule has 0 atom stereocenters. The molecule has 0 aliphatic heterocycles. The van der Waals surface area contributed by atoms with E-state index in [1.807, 2.05) is 0 Å². The fraction of sp³-hybridized carbons (Fsp3) is 0.571. The molecule has 0 bridgehead atoms. The molecule has 0 unspecified atom stereocenters. The molecule has 2 heteroatoms. The number of primary amides is 1. The molecular weight excluding hydrogens is 114 g/mol. The Morgan fingerprint density at radius 3 is 2.56 bits per heavy atom. The number of carbonyl (C=O) groups excluding carboxylic acids is 1. The maximum Gasteiger partial charge on any atom is 0.241 e. The topological polar surface area (TPSA) is 43.1 Å². The lowest BCUT2D eigenvalue weighted by Gasteiger charge is -1.94. The van der Waals surface area contributed by atoms with Crippen molar-refractivity contribution in [2.75, 3.05) is 0 Å². The van der Waals surface area contributed by atoms with Gasteiger partial charge in [0.25, 0.3) is 0 Å². The van der Waals surface area contributed by atoms with E-state index >= 15 is 0 Å². The van der Waals surface area contributed by atoms with Crippen LogP contribution in [0, 0.1) is 5.92 Å². The van der Waals surface area contributed by atoms with Crippen LogP contribution in [0.1, 0.15) is 20.3 Å². The highest BCUT2D eigenvalue weighted by molar-refractivity contribution is 5.85. The minimum Gasteiger partial charge on any atom is -0.366 e. The van der Waals surface area contributed by atoms with Gasteiger partial charge in [-0.2, -0.15) is 0 Å². The molecule has 52 valence electrons. The lowest BCUT2D eigenvalue weighted by molar-refractivity contribution is -0.113. The summed E-state index contributed by atoms with van der Waals surface area (Å²) in [5, 5.41) is 0. The van der Waals surface area contributed by atoms with E-state index in [0.717, 1.165) is 6.42 Å². The molecule has 0 aromatic heterocycles. The summed E-state index contributed by atoms with van der Waals surface area (Å²) >= 11 is 0. The van der Waals surface area contributed by atoms with E-state index < -0.39 is 0 Å². The van der Waals surface area contributed by atoms with Crippen molar-refractivity contribution in [3.63, 3.8) is 0 Å². The van der Waals surface area contributed by atoms with Crippen molar-refractivity contribution in [2.24, 2.45) is 11.7 Å². The first-order chi connectivity index (χ1) is 4.13. The molecule has 0 saturated heterocycles. The van der Waals surface area contributed by atoms with Crippen LogP contribution < -0.4 is 5.73 Å². The second-order valence-electron chi connectivity index (χ2n) is 2.43. The van der Waals surface area contributed by atoms with Crippen molar-refractivity contribution in [1.29, 1.82) is 0 Å². The van der Waals surface area contributed by atoms with Gasteiger partial charge in [0.1, 0.15) is 0 Å². The second-order valence-corrected chi connectivity index (χ2v) is 2.43. The molecule has 0 spiro atoms. The first kappa shape index (κ1) is 8.21. The van der Waals surface area contributed by atoms with Gasteiger partial charge in [0.15, 0.2) is 0 Å². The van der Waals surface area contributed by atoms with Crippen molar-refractivity contribution in [2.45, 2.75) is 20.3 Å². The van der Waals surface area contributed by atoms with E-state index in [0.29, 0.717) is 5.92 Å². The van der Waals surface area contributed by atoms with Gasteiger partial charge in [0.05, 0.1) is 0 Å². The second kappa shape index (κ2) is 4.13. The van der Waals surface area contributed by atoms with E-state index in [9.17, 15) is 4.79 Å². The first-order valence-corrected chi connectivity index (χ1v) is 3.09. The molecule has 9 heavy (non-hydrogen) atoms. The maximum absolute atomic E-state index is 10.1. The van der Waals surface area contributed by atoms with Crippen molar-refractivity contribution >= 4 is 5.91 Å². The zero-order chi connectivity index (χ0) is 7.28. The molecule has 0 heterocycles. The van der Waals surface area contributed by atoms with Crippen LogP contribution in [0.2, 0.25) is 0 Å². The standard InChI is InChI=1S/C7H13NO/c1-6(2)4-3-5-7(8)9/h3,5-6H,4H2,1-2H3,(H2,8,9). The predicted molar refractivity (Wildman–Crippen MR) is 37.8 cm³/mol. The van der Waals surface area contributed by atoms with Crippen LogP contribution in [0.15, 0.2) is 12.2 Å². The molecule has 1 amide bonds. The number of hydrogen-bond acceptors (Lipinski definition) is 1. The summed E-state index contributed by atoms with van der Waals surface area (Å²) in [7, 11) is 0. The van der Waals surface area contributed by atoms with Crippen LogP contribution in [0.5, 0.6) is 0 Å². The van der Waals surface area contributed by atoms with Gasteiger partial charge in [-0.05, 0) is 18.4 Å². The average molecular weight is 127 g/mol. The molecule has 0 saturated carbocycles. The highest BCUT2D eigenvalue weighted by atomic mass is 16.1. The summed E-state index contributed by atoms with van der Waals surface area (Å²) < 4.78 is 0. The Bertz CT molecular complexity index is 116. The summed E-state index contributed by atoms with van der Waals surface area (Å²) in [4.78, 5) is 10.1. The van der Waals surface area contributed by atoms with Crippen LogP contribution in [-0.4, -0.2) is 5.91 Å². The number of hydrogen-bond donors (Lipinski definition) is 1. The third-order valence-corrected chi connectivity index (χ3v) is 0.890. The molecule has 0 fully saturated rings. The molecule has 0 aromatic carbocycles. The minimum atomic E-state index is -0.365. The fourth-order valence-corrected chi connectivity index (χ4v) is 0.456. The predicted octanol–water partition coefficient (Wildman–Crippen LogP) is 1.07. The Labute approximate surface area is 55.7 Å². The van der Waals surface area contributed by atoms with Gasteiger partial charge in [-0.15, -0.1) is 0 Å². The fourth-order valence-electron chi connectivity index (χ4n) is 0.456. The van der Waals surface area contributed by atoms with Crippen LogP contribution in [0.25, 0.3) is 0 Å². The van der Waals surface area contributed by atoms with E-state index in [1.165, 1.54) is 6.08 Å². The SMILES string of the molecule is CC(C)CC=CC(N)=O. The molecule has 2 nitrogen and oxygen atoms in total. The van der Waals surface area contributed by atoms with E-state index in [2.05, 4.69) is 13.8 Å². The van der Waals surface area contributed by atoms with Gasteiger partial charge >= 0.3 is 0 Å². The Kier molecular flexibility index (Phi) is 3.76. The number of allylic oxidation sites excluding steroid dienone is 1. The average Bonchev–Trinajstić information content (AvgIpc) is 1.63. The lowest BCUT2D eigenvalue weighted by atomic mass is 10.1. The highest BCUT2D eigenvalue weighted by Crippen LogP contribution is 1.98. The maximum atomic E-state index is 10.1. The summed E-state index contributed by atoms with van der Waals surface area (Å²) in [6.45, 7) is 4.18. The lowest BCUT2D eigenvalue weighted by Crippen LogP contribution is -2.05. The highest BCUT2D eigenvalue weighted by Gasteiger charge is 1.87. The molecule has 2 N–H and O–H groups in total. The molecule has 0 radical (unpaired) electrons. The normalized spacial score (nSPS) is 11.0. The van der Waals surface area contributed by atoms with Gasteiger partial charge in [-0.3, -0.25) is 4.79 Å². The number of carbonyl (C=O) groups is 1. The summed E-state index contributed by atoms with van der Waals surface area (Å²) in [5.74, 6) is 0.233. The summed E-state index contributed by atoms with van der Waals surface area (Å²) in [6.07, 6.45) is 4.12. The molecule has 0 aliphatic rings. The zero-order valence-corrected chi connectivity index (χ0v) is 5.92. The van der Waals surface area contributed by atoms with Gasteiger partial charge in [0.2, 0.25) is 5.91 Å². The summed E-state index contributed by atoms with van der Waals surface area (Å²) in [6, 6.07) is 0. The van der Waals surface area contributed by atoms with Crippen molar-refractivity contribution in [3.8, 4) is 0 Å². The molecule has 0 aromatic rings. The quantitative estimate of drug-likeness (QED) is 0.566. The number of nitrogens with two attached hydrogens (primary N) is 1. The Hall–Kier alpha value is -0.790. The van der Waals surface area contributed by atoms with E-state index in [4.69, 9.17) is 5.73 Å². The van der Waals surface area contributed by atoms with Crippen LogP contribution in [0.3, 0.4) is 0 Å². The first-order valence-electron chi connectivity index (χ1n) is 3.09. The molecule has 0 rings (SSSR count). The van der Waals surface area contributed by atoms with Crippen molar-refractivity contribution in [3.05, 3.63) is 12.2 Å². The Morgan fingerprint density at radius 2 is 2.22 bits per heavy atom. The molecular formula is C7H13NO. The number of rotatable bonds is 3. The van der Waals surface area contributed by atoms with Gasteiger partial charge in [-0.25, -0.2) is 0 Å². The van der Waals surface area contributed by atoms with Crippen LogP contribution >= 0.6 is 0 Å². The smallest absolute Gasteiger partial charge is 0.241 e. The van der Waals surface area contributed by atoms with Gasteiger partial charge in [0, 0.05) is 0 Å².